The summed E-state index contributed by atoms with van der Waals surface area (Å²) in [4.78, 5) is 0. The van der Waals surface area contributed by atoms with E-state index in [1.54, 1.807) is 11.1 Å². The van der Waals surface area contributed by atoms with Gasteiger partial charge >= 0.3 is 0 Å². The van der Waals surface area contributed by atoms with Gasteiger partial charge in [-0.05, 0) is 28.9 Å². The first-order valence-corrected chi connectivity index (χ1v) is 6.66. The van der Waals surface area contributed by atoms with Crippen molar-refractivity contribution in [1.82, 2.24) is 0 Å². The number of benzene rings is 1. The molecule has 16 heavy (non-hydrogen) atoms. The highest BCUT2D eigenvalue weighted by Gasteiger charge is 2.21. The van der Waals surface area contributed by atoms with E-state index >= 15 is 0 Å². The molecule has 0 radical (unpaired) electrons. The van der Waals surface area contributed by atoms with Crippen LogP contribution in [0.3, 0.4) is 0 Å². The second-order valence-electron chi connectivity index (χ2n) is 6.26. The van der Waals surface area contributed by atoms with Crippen molar-refractivity contribution in [2.24, 2.45) is 5.92 Å². The van der Waals surface area contributed by atoms with Crippen LogP contribution in [0.1, 0.15) is 57.6 Å². The second-order valence-corrected chi connectivity index (χ2v) is 6.26. The van der Waals surface area contributed by atoms with Crippen molar-refractivity contribution < 1.29 is 0 Å². The zero-order valence-electron chi connectivity index (χ0n) is 10.9. The first-order valence-electron chi connectivity index (χ1n) is 6.66. The van der Waals surface area contributed by atoms with E-state index in [4.69, 9.17) is 0 Å². The normalized spacial score (nSPS) is 17.9. The lowest BCUT2D eigenvalue weighted by molar-refractivity contribution is 0.526. The van der Waals surface area contributed by atoms with Crippen LogP contribution in [0, 0.1) is 5.92 Å². The standard InChI is InChI=1S/C16H24/c1-16(2,3)15-11-7-6-10-14(15)12-13-8-4-5-9-13/h6-7,10-11,13H,4-5,8-9,12H2,1-3H3. The lowest BCUT2D eigenvalue weighted by Crippen LogP contribution is -2.15. The molecule has 1 aliphatic rings. The van der Waals surface area contributed by atoms with E-state index in [0.717, 1.165) is 5.92 Å². The molecule has 88 valence electrons. The van der Waals surface area contributed by atoms with Crippen LogP contribution in [-0.2, 0) is 11.8 Å². The quantitative estimate of drug-likeness (QED) is 0.671. The molecule has 0 atom stereocenters. The van der Waals surface area contributed by atoms with E-state index in [0.29, 0.717) is 0 Å². The Balaban J connectivity index is 2.19. The first kappa shape index (κ1) is 11.7. The topological polar surface area (TPSA) is 0 Å². The summed E-state index contributed by atoms with van der Waals surface area (Å²) in [6, 6.07) is 9.02. The van der Waals surface area contributed by atoms with Gasteiger partial charge in [0.25, 0.3) is 0 Å². The Kier molecular flexibility index (Phi) is 3.37. The van der Waals surface area contributed by atoms with E-state index < -0.39 is 0 Å². The van der Waals surface area contributed by atoms with Crippen molar-refractivity contribution in [2.75, 3.05) is 0 Å². The maximum absolute atomic E-state index is 2.33. The molecule has 0 amide bonds. The molecular formula is C16H24. The molecule has 0 saturated heterocycles. The third-order valence-corrected chi connectivity index (χ3v) is 3.81. The molecule has 1 fully saturated rings. The van der Waals surface area contributed by atoms with Crippen molar-refractivity contribution in [2.45, 2.75) is 58.3 Å². The molecule has 0 aromatic heterocycles. The summed E-state index contributed by atoms with van der Waals surface area (Å²) in [6.07, 6.45) is 7.08. The van der Waals surface area contributed by atoms with E-state index in [1.165, 1.54) is 32.1 Å². The van der Waals surface area contributed by atoms with Gasteiger partial charge in [0.1, 0.15) is 0 Å². The van der Waals surface area contributed by atoms with Gasteiger partial charge in [0, 0.05) is 0 Å². The largest absolute Gasteiger partial charge is 0.0620 e. The molecule has 0 nitrogen and oxygen atoms in total. The van der Waals surface area contributed by atoms with Crippen LogP contribution >= 0.6 is 0 Å². The van der Waals surface area contributed by atoms with E-state index in [1.807, 2.05) is 0 Å². The minimum absolute atomic E-state index is 0.287. The molecule has 1 aliphatic carbocycles. The molecule has 0 spiro atoms. The van der Waals surface area contributed by atoms with Crippen LogP contribution in [0.4, 0.5) is 0 Å². The predicted molar refractivity (Wildman–Crippen MR) is 70.8 cm³/mol. The fourth-order valence-electron chi connectivity index (χ4n) is 2.96. The van der Waals surface area contributed by atoms with Crippen LogP contribution in [0.2, 0.25) is 0 Å². The Labute approximate surface area is 100 Å². The molecule has 0 aliphatic heterocycles. The van der Waals surface area contributed by atoms with Gasteiger partial charge < -0.3 is 0 Å². The smallest absolute Gasteiger partial charge is 0.0129 e. The molecule has 1 saturated carbocycles. The summed E-state index contributed by atoms with van der Waals surface area (Å²) in [7, 11) is 0. The Bertz CT molecular complexity index is 337. The van der Waals surface area contributed by atoms with Crippen molar-refractivity contribution in [3.8, 4) is 0 Å². The monoisotopic (exact) mass is 216 g/mol. The molecular weight excluding hydrogens is 192 g/mol. The molecule has 1 aromatic rings. The van der Waals surface area contributed by atoms with E-state index in [-0.39, 0.29) is 5.41 Å². The minimum Gasteiger partial charge on any atom is -0.0620 e. The Morgan fingerprint density at radius 2 is 1.69 bits per heavy atom. The average molecular weight is 216 g/mol. The maximum Gasteiger partial charge on any atom is -0.0129 e. The zero-order valence-corrected chi connectivity index (χ0v) is 10.9. The Hall–Kier alpha value is -0.780. The molecule has 2 rings (SSSR count). The van der Waals surface area contributed by atoms with Crippen molar-refractivity contribution >= 4 is 0 Å². The van der Waals surface area contributed by atoms with Gasteiger partial charge in [0.05, 0.1) is 0 Å². The predicted octanol–water partition coefficient (Wildman–Crippen LogP) is 4.72. The summed E-state index contributed by atoms with van der Waals surface area (Å²) in [5, 5.41) is 0. The van der Waals surface area contributed by atoms with Crippen LogP contribution in [-0.4, -0.2) is 0 Å². The van der Waals surface area contributed by atoms with Gasteiger partial charge in [-0.1, -0.05) is 70.7 Å². The Morgan fingerprint density at radius 3 is 2.31 bits per heavy atom. The molecule has 0 N–H and O–H groups in total. The second kappa shape index (κ2) is 4.61. The molecule has 0 unspecified atom stereocenters. The summed E-state index contributed by atoms with van der Waals surface area (Å²) < 4.78 is 0. The highest BCUT2D eigenvalue weighted by atomic mass is 14.3. The van der Waals surface area contributed by atoms with E-state index in [2.05, 4.69) is 45.0 Å². The molecule has 0 heteroatoms. The van der Waals surface area contributed by atoms with Gasteiger partial charge in [0.15, 0.2) is 0 Å². The van der Waals surface area contributed by atoms with Gasteiger partial charge in [0.2, 0.25) is 0 Å². The highest BCUT2D eigenvalue weighted by Crippen LogP contribution is 2.32. The van der Waals surface area contributed by atoms with Gasteiger partial charge in [-0.3, -0.25) is 0 Å². The summed E-state index contributed by atoms with van der Waals surface area (Å²) in [6.45, 7) is 6.96. The third kappa shape index (κ3) is 2.66. The molecule has 0 heterocycles. The van der Waals surface area contributed by atoms with Crippen LogP contribution in [0.25, 0.3) is 0 Å². The zero-order chi connectivity index (χ0) is 11.6. The lowest BCUT2D eigenvalue weighted by Gasteiger charge is -2.24. The fourth-order valence-corrected chi connectivity index (χ4v) is 2.96. The SMILES string of the molecule is CC(C)(C)c1ccccc1CC1CCCC1. The maximum atomic E-state index is 2.33. The molecule has 1 aromatic carbocycles. The lowest BCUT2D eigenvalue weighted by atomic mass is 9.81. The van der Waals surface area contributed by atoms with Crippen molar-refractivity contribution in [3.05, 3.63) is 35.4 Å². The summed E-state index contributed by atoms with van der Waals surface area (Å²) in [5.41, 5.74) is 3.42. The van der Waals surface area contributed by atoms with Gasteiger partial charge in [-0.15, -0.1) is 0 Å². The number of hydrogen-bond acceptors (Lipinski definition) is 0. The highest BCUT2D eigenvalue weighted by molar-refractivity contribution is 5.33. The van der Waals surface area contributed by atoms with Crippen molar-refractivity contribution in [1.29, 1.82) is 0 Å². The number of hydrogen-bond donors (Lipinski definition) is 0. The van der Waals surface area contributed by atoms with Gasteiger partial charge in [-0.25, -0.2) is 0 Å². The first-order chi connectivity index (χ1) is 7.57. The van der Waals surface area contributed by atoms with Crippen LogP contribution in [0.15, 0.2) is 24.3 Å². The third-order valence-electron chi connectivity index (χ3n) is 3.81. The Morgan fingerprint density at radius 1 is 1.06 bits per heavy atom. The molecule has 0 bridgehead atoms. The van der Waals surface area contributed by atoms with Crippen LogP contribution in [0.5, 0.6) is 0 Å². The average Bonchev–Trinajstić information content (AvgIpc) is 2.70. The van der Waals surface area contributed by atoms with E-state index in [9.17, 15) is 0 Å². The fraction of sp³-hybridized carbons (Fsp3) is 0.625. The summed E-state index contributed by atoms with van der Waals surface area (Å²) >= 11 is 0. The number of rotatable bonds is 2. The van der Waals surface area contributed by atoms with Gasteiger partial charge in [-0.2, -0.15) is 0 Å². The van der Waals surface area contributed by atoms with Crippen LogP contribution < -0.4 is 0 Å². The van der Waals surface area contributed by atoms with Crippen molar-refractivity contribution in [3.63, 3.8) is 0 Å². The minimum atomic E-state index is 0.287. The summed E-state index contributed by atoms with van der Waals surface area (Å²) in [5.74, 6) is 0.948.